The number of nitrogens with zero attached hydrogens (tertiary/aromatic N) is 6. The van der Waals surface area contributed by atoms with Gasteiger partial charge >= 0.3 is 0 Å². The van der Waals surface area contributed by atoms with Gasteiger partial charge in [0.1, 0.15) is 26.8 Å². The van der Waals surface area contributed by atoms with Crippen LogP contribution in [-0.4, -0.2) is 133 Å². The van der Waals surface area contributed by atoms with Gasteiger partial charge in [0, 0.05) is 88.2 Å². The first kappa shape index (κ1) is 43.3. The number of anilines is 1. The maximum absolute atomic E-state index is 15.0. The quantitative estimate of drug-likeness (QED) is 0.313. The van der Waals surface area contributed by atoms with Gasteiger partial charge in [-0.1, -0.05) is 36.7 Å². The molecule has 5 heterocycles. The van der Waals surface area contributed by atoms with Gasteiger partial charge in [-0.15, -0.1) is 9.46 Å². The van der Waals surface area contributed by atoms with E-state index in [1.54, 1.807) is 13.1 Å². The largest absolute Gasteiger partial charge is 0.490 e. The van der Waals surface area contributed by atoms with E-state index in [4.69, 9.17) is 30.5 Å². The number of nitrogens with one attached hydrogen (secondary N) is 1. The first-order chi connectivity index (χ1) is 29.9. The van der Waals surface area contributed by atoms with Crippen LogP contribution in [0.5, 0.6) is 11.6 Å². The molecule has 7 atom stereocenters. The highest BCUT2D eigenvalue weighted by Crippen LogP contribution is 2.49. The third-order valence-corrected chi connectivity index (χ3v) is 16.5. The molecule has 1 aromatic heterocycles. The van der Waals surface area contributed by atoms with Gasteiger partial charge in [-0.3, -0.25) is 28.8 Å². The Morgan fingerprint density at radius 3 is 2.79 bits per heavy atom. The van der Waals surface area contributed by atoms with E-state index in [0.717, 1.165) is 95.3 Å². The van der Waals surface area contributed by atoms with Gasteiger partial charge in [0.25, 0.3) is 11.8 Å². The number of morpholine rings is 1. The number of amides is 2. The van der Waals surface area contributed by atoms with E-state index >= 15 is 0 Å². The Kier molecular flexibility index (Phi) is 12.2. The summed E-state index contributed by atoms with van der Waals surface area (Å²) in [5.41, 5.74) is 2.78. The van der Waals surface area contributed by atoms with Gasteiger partial charge < -0.3 is 23.8 Å². The van der Waals surface area contributed by atoms with Crippen LogP contribution in [0.25, 0.3) is 0 Å². The van der Waals surface area contributed by atoms with E-state index in [9.17, 15) is 13.8 Å². The zero-order valence-electron chi connectivity index (χ0n) is 36.4. The lowest BCUT2D eigenvalue weighted by Crippen LogP contribution is -2.62. The molecule has 62 heavy (non-hydrogen) atoms. The summed E-state index contributed by atoms with van der Waals surface area (Å²) in [7, 11) is 1.26. The van der Waals surface area contributed by atoms with Crippen molar-refractivity contribution in [2.45, 2.75) is 62.5 Å². The maximum atomic E-state index is 15.0. The second kappa shape index (κ2) is 17.5. The molecule has 2 aromatic carbocycles. The summed E-state index contributed by atoms with van der Waals surface area (Å²) in [6, 6.07) is 12.0. The fourth-order valence-corrected chi connectivity index (χ4v) is 13.1. The molecule has 3 fully saturated rings. The van der Waals surface area contributed by atoms with Crippen LogP contribution in [0.1, 0.15) is 70.9 Å². The van der Waals surface area contributed by atoms with Crippen molar-refractivity contribution in [1.82, 2.24) is 24.3 Å². The molecule has 334 valence electrons. The van der Waals surface area contributed by atoms with E-state index in [-0.39, 0.29) is 40.0 Å². The maximum Gasteiger partial charge on any atom is 0.286 e. The molecular weight excluding hydrogens is 830 g/mol. The number of aryl methyl sites for hydroxylation is 2. The van der Waals surface area contributed by atoms with Crippen molar-refractivity contribution in [3.8, 4) is 11.6 Å². The summed E-state index contributed by atoms with van der Waals surface area (Å²) in [6.07, 6.45) is 11.4. The van der Waals surface area contributed by atoms with Crippen LogP contribution in [-0.2, 0) is 38.3 Å². The number of benzene rings is 2. The second-order valence-electron chi connectivity index (χ2n) is 18.5. The summed E-state index contributed by atoms with van der Waals surface area (Å²) in [6.45, 7) is 9.96. The van der Waals surface area contributed by atoms with Crippen molar-refractivity contribution in [2.24, 2.45) is 29.2 Å². The van der Waals surface area contributed by atoms with Crippen LogP contribution < -0.4 is 19.1 Å². The Bertz CT molecular complexity index is 2350. The number of allylic oxidation sites excluding steroid dienone is 1. The fraction of sp³-hybridized carbons (Fsp3) is 0.587. The number of carbonyl (C=O) groups is 2. The topological polar surface area (TPSA) is 140 Å². The average Bonchev–Trinajstić information content (AvgIpc) is 3.56. The Morgan fingerprint density at radius 2 is 1.98 bits per heavy atom. The number of halogens is 1. The smallest absolute Gasteiger partial charge is 0.286 e. The van der Waals surface area contributed by atoms with E-state index in [1.807, 2.05) is 32.2 Å². The highest BCUT2D eigenvalue weighted by molar-refractivity contribution is 7.92. The molecule has 16 heteroatoms. The van der Waals surface area contributed by atoms with E-state index in [0.29, 0.717) is 37.3 Å². The summed E-state index contributed by atoms with van der Waals surface area (Å²) in [4.78, 5) is 35.6. The molecule has 2 amide bonds. The standard InChI is InChI=1S/C46H60ClN7O7S/c1-31-7-5-16-46(59-4,29-52-17-18-53-19-20-60-26-36(53)24-52)39-12-9-34(39)23-54-28-45(15-6-8-32-21-35(47)11-13-38(32)45)30-61-41-14-10-33(22-40(41)54)42(55)49-62(57,27-31)50-43(56)37-25-51(2)48-44(37)58-3/h5,10-11,13-14,16,21-22,25,31,34,36,39H,6-9,12,15,17-20,23-24,26-30H2,1-4H3,(H,49,50,55,56,57)/b16-5-/t31-,34-,36-,39+,45-,46+,62?/m0/s1. The molecule has 1 N–H and O–H groups in total. The van der Waals surface area contributed by atoms with Gasteiger partial charge in [-0.2, -0.15) is 0 Å². The van der Waals surface area contributed by atoms with E-state index in [1.165, 1.54) is 29.1 Å². The minimum atomic E-state index is -3.67. The monoisotopic (exact) mass is 889 g/mol. The van der Waals surface area contributed by atoms with Gasteiger partial charge in [0.05, 0.1) is 38.4 Å². The van der Waals surface area contributed by atoms with Crippen LogP contribution >= 0.6 is 11.6 Å². The number of hydrogen-bond acceptors (Lipinski definition) is 11. The molecule has 2 aliphatic carbocycles. The first-order valence-electron chi connectivity index (χ1n) is 22.2. The molecule has 2 bridgehead atoms. The molecule has 0 radical (unpaired) electrons. The first-order valence-corrected chi connectivity index (χ1v) is 24.2. The van der Waals surface area contributed by atoms with Gasteiger partial charge in [-0.05, 0) is 97.7 Å². The van der Waals surface area contributed by atoms with Gasteiger partial charge in [0.15, 0.2) is 0 Å². The third kappa shape index (κ3) is 8.52. The fourth-order valence-electron chi connectivity index (χ4n) is 11.1. The van der Waals surface area contributed by atoms with Crippen molar-refractivity contribution >= 4 is 39.0 Å². The second-order valence-corrected chi connectivity index (χ2v) is 20.9. The Hall–Kier alpha value is -3.99. The SMILES string of the molecule is COc1nn(C)cc1C(=O)NS1(=O)=NC(=O)c2ccc3c(c2)N(C[C@@H]2CC[C@H]2[C@@](CN2CCN4CCOC[C@@H]4C2)(OC)/C=C\C[C@H](C)C1)C[C@@]1(CCCc2cc(Cl)ccc21)CO3. The van der Waals surface area contributed by atoms with Crippen LogP contribution in [0.4, 0.5) is 5.69 Å². The lowest BCUT2D eigenvalue weighted by molar-refractivity contribution is -0.108. The normalized spacial score (nSPS) is 32.2. The van der Waals surface area contributed by atoms with Crippen molar-refractivity contribution in [1.29, 1.82) is 0 Å². The minimum Gasteiger partial charge on any atom is -0.490 e. The Morgan fingerprint density at radius 1 is 1.11 bits per heavy atom. The predicted octanol–water partition coefficient (Wildman–Crippen LogP) is 5.53. The number of methoxy groups -OCH3 is 2. The van der Waals surface area contributed by atoms with Crippen LogP contribution in [0.3, 0.4) is 0 Å². The lowest BCUT2D eigenvalue weighted by atomic mass is 9.63. The van der Waals surface area contributed by atoms with Crippen molar-refractivity contribution in [3.63, 3.8) is 0 Å². The molecule has 3 aromatic rings. The predicted molar refractivity (Wildman–Crippen MR) is 239 cm³/mol. The van der Waals surface area contributed by atoms with Crippen LogP contribution in [0, 0.1) is 17.8 Å². The zero-order chi connectivity index (χ0) is 43.2. The van der Waals surface area contributed by atoms with Crippen molar-refractivity contribution < 1.29 is 32.7 Å². The van der Waals surface area contributed by atoms with Gasteiger partial charge in [-0.25, -0.2) is 4.21 Å². The summed E-state index contributed by atoms with van der Waals surface area (Å²) in [5.74, 6) is -0.368. The Balaban J connectivity index is 1.12. The number of rotatable bonds is 6. The number of aromatic nitrogens is 2. The summed E-state index contributed by atoms with van der Waals surface area (Å²) >= 11 is 6.56. The highest BCUT2D eigenvalue weighted by atomic mass is 35.5. The van der Waals surface area contributed by atoms with E-state index in [2.05, 4.69) is 53.2 Å². The average molecular weight is 891 g/mol. The Labute approximate surface area is 370 Å². The molecule has 9 rings (SSSR count). The third-order valence-electron chi connectivity index (χ3n) is 14.3. The number of hydrogen-bond donors (Lipinski definition) is 1. The molecule has 1 spiro atoms. The highest BCUT2D eigenvalue weighted by Gasteiger charge is 2.50. The van der Waals surface area contributed by atoms with Crippen LogP contribution in [0.15, 0.2) is 59.1 Å². The lowest BCUT2D eigenvalue weighted by Gasteiger charge is -2.53. The summed E-state index contributed by atoms with van der Waals surface area (Å²) < 4.78 is 48.3. The van der Waals surface area contributed by atoms with E-state index < -0.39 is 27.3 Å². The molecule has 2 saturated heterocycles. The number of fused-ring (bicyclic) bond motifs is 5. The number of piperazine rings is 1. The number of ether oxygens (including phenoxy) is 4. The molecule has 4 aliphatic heterocycles. The van der Waals surface area contributed by atoms with Crippen molar-refractivity contribution in [2.75, 3.05) is 90.5 Å². The zero-order valence-corrected chi connectivity index (χ0v) is 37.9. The molecule has 1 saturated carbocycles. The molecule has 6 aliphatic rings. The molecule has 1 unspecified atom stereocenters. The molecular formula is C46H60ClN7O7S. The van der Waals surface area contributed by atoms with Crippen LogP contribution in [0.2, 0.25) is 5.02 Å². The number of carbonyl (C=O) groups excluding carboxylic acids is 2. The summed E-state index contributed by atoms with van der Waals surface area (Å²) in [5, 5.41) is 4.94. The van der Waals surface area contributed by atoms with Crippen molar-refractivity contribution in [3.05, 3.63) is 82.0 Å². The molecule has 14 nitrogen and oxygen atoms in total. The minimum absolute atomic E-state index is 0.0564. The van der Waals surface area contributed by atoms with Gasteiger partial charge in [0.2, 0.25) is 5.88 Å².